The lowest BCUT2D eigenvalue weighted by molar-refractivity contribution is -0.192. The number of nitrogens with zero attached hydrogens (tertiary/aromatic N) is 1. The van der Waals surface area contributed by atoms with E-state index in [4.69, 9.17) is 15.1 Å². The normalized spacial score (nSPS) is 10.7. The minimum Gasteiger partial charge on any atom is -0.475 e. The highest BCUT2D eigenvalue weighted by Gasteiger charge is 2.38. The maximum atomic E-state index is 10.6. The first-order valence-corrected chi connectivity index (χ1v) is 4.47. The van der Waals surface area contributed by atoms with Gasteiger partial charge < -0.3 is 10.3 Å². The smallest absolute Gasteiger partial charge is 0.475 e. The molecule has 0 aliphatic carbocycles. The van der Waals surface area contributed by atoms with Crippen LogP contribution in [0.3, 0.4) is 0 Å². The average molecular weight is 251 g/mol. The van der Waals surface area contributed by atoms with Crippen molar-refractivity contribution in [1.29, 1.82) is 0 Å². The largest absolute Gasteiger partial charge is 0.490 e. The average Bonchev–Trinajstić information content (AvgIpc) is 2.17. The highest BCUT2D eigenvalue weighted by atomic mass is 19.4. The van der Waals surface area contributed by atoms with Gasteiger partial charge in [0.2, 0.25) is 0 Å². The molecule has 0 spiro atoms. The van der Waals surface area contributed by atoms with Gasteiger partial charge in [-0.25, -0.2) is 4.79 Å². The topological polar surface area (TPSA) is 60.8 Å². The Kier molecular flexibility index (Phi) is 6.22. The minimum absolute atomic E-state index is 0.584. The van der Waals surface area contributed by atoms with Crippen LogP contribution in [0.2, 0.25) is 0 Å². The number of carbonyl (C=O) groups is 1. The third-order valence-corrected chi connectivity index (χ3v) is 1.50. The number of hydrogen-bond acceptors (Lipinski definition) is 3. The molecule has 7 heteroatoms. The lowest BCUT2D eigenvalue weighted by Gasteiger charge is -2.06. The van der Waals surface area contributed by atoms with E-state index in [1.54, 1.807) is 7.05 Å². The first-order chi connectivity index (χ1) is 7.73. The van der Waals surface area contributed by atoms with Crippen molar-refractivity contribution < 1.29 is 28.3 Å². The van der Waals surface area contributed by atoms with Gasteiger partial charge in [-0.1, -0.05) is 30.3 Å². The van der Waals surface area contributed by atoms with Crippen LogP contribution in [0.25, 0.3) is 0 Å². The number of carboxylic acid groups (broad SMARTS) is 1. The SMILES string of the molecule is CN(O)Cc1ccccc1.O=C(O)C(F)(F)F. The van der Waals surface area contributed by atoms with Crippen molar-refractivity contribution >= 4 is 5.97 Å². The number of carboxylic acids is 1. The fourth-order valence-electron chi connectivity index (χ4n) is 0.848. The first kappa shape index (κ1) is 15.4. The molecule has 0 heterocycles. The number of benzene rings is 1. The van der Waals surface area contributed by atoms with Gasteiger partial charge in [-0.2, -0.15) is 18.2 Å². The summed E-state index contributed by atoms with van der Waals surface area (Å²) in [4.78, 5) is 8.90. The van der Waals surface area contributed by atoms with Crippen LogP contribution in [0, 0.1) is 0 Å². The van der Waals surface area contributed by atoms with E-state index in [9.17, 15) is 13.2 Å². The lowest BCUT2D eigenvalue weighted by Crippen LogP contribution is -2.21. The van der Waals surface area contributed by atoms with Gasteiger partial charge in [0, 0.05) is 13.6 Å². The maximum absolute atomic E-state index is 10.6. The van der Waals surface area contributed by atoms with Crippen molar-refractivity contribution in [3.63, 3.8) is 0 Å². The van der Waals surface area contributed by atoms with E-state index < -0.39 is 12.1 Å². The molecule has 0 aromatic heterocycles. The molecule has 0 saturated heterocycles. The predicted octanol–water partition coefficient (Wildman–Crippen LogP) is 2.14. The Labute approximate surface area is 95.9 Å². The van der Waals surface area contributed by atoms with E-state index >= 15 is 0 Å². The number of aliphatic carboxylic acids is 1. The van der Waals surface area contributed by atoms with Crippen LogP contribution in [0.1, 0.15) is 5.56 Å². The molecular weight excluding hydrogens is 239 g/mol. The Hall–Kier alpha value is -1.60. The number of alkyl halides is 3. The van der Waals surface area contributed by atoms with Gasteiger partial charge in [-0.15, -0.1) is 0 Å². The summed E-state index contributed by atoms with van der Waals surface area (Å²) in [5.41, 5.74) is 1.12. The summed E-state index contributed by atoms with van der Waals surface area (Å²) in [5.74, 6) is -2.76. The third-order valence-electron chi connectivity index (χ3n) is 1.50. The van der Waals surface area contributed by atoms with Crippen LogP contribution in [-0.2, 0) is 11.3 Å². The van der Waals surface area contributed by atoms with E-state index in [1.807, 2.05) is 30.3 Å². The minimum atomic E-state index is -5.08. The van der Waals surface area contributed by atoms with E-state index in [-0.39, 0.29) is 0 Å². The van der Waals surface area contributed by atoms with Crippen molar-refractivity contribution in [2.24, 2.45) is 0 Å². The van der Waals surface area contributed by atoms with E-state index in [1.165, 1.54) is 0 Å². The van der Waals surface area contributed by atoms with Gasteiger partial charge in [0.05, 0.1) is 0 Å². The van der Waals surface area contributed by atoms with Crippen LogP contribution in [0.15, 0.2) is 30.3 Å². The van der Waals surface area contributed by atoms with Gasteiger partial charge in [0.15, 0.2) is 0 Å². The molecular formula is C10H12F3NO3. The molecule has 0 aliphatic heterocycles. The standard InChI is InChI=1S/C8H11NO.C2HF3O2/c1-9(10)7-8-5-3-2-4-6-8;3-2(4,5)1(6)7/h2-6,10H,7H2,1H3;(H,6,7). The molecule has 0 unspecified atom stereocenters. The van der Waals surface area contributed by atoms with E-state index in [2.05, 4.69) is 0 Å². The van der Waals surface area contributed by atoms with E-state index in [0.29, 0.717) is 6.54 Å². The Balaban J connectivity index is 0.000000325. The molecule has 0 bridgehead atoms. The summed E-state index contributed by atoms with van der Waals surface area (Å²) in [6.07, 6.45) is -5.08. The Morgan fingerprint density at radius 2 is 1.71 bits per heavy atom. The van der Waals surface area contributed by atoms with Crippen LogP contribution >= 0.6 is 0 Å². The van der Waals surface area contributed by atoms with Gasteiger partial charge in [0.25, 0.3) is 0 Å². The second-order valence-corrected chi connectivity index (χ2v) is 3.10. The Morgan fingerprint density at radius 3 is 2.00 bits per heavy atom. The van der Waals surface area contributed by atoms with Crippen LogP contribution < -0.4 is 0 Å². The van der Waals surface area contributed by atoms with Crippen LogP contribution in [0.4, 0.5) is 13.2 Å². The fraction of sp³-hybridized carbons (Fsp3) is 0.300. The predicted molar refractivity (Wildman–Crippen MR) is 53.4 cm³/mol. The molecule has 4 nitrogen and oxygen atoms in total. The molecule has 17 heavy (non-hydrogen) atoms. The molecule has 1 aromatic rings. The molecule has 1 rings (SSSR count). The summed E-state index contributed by atoms with van der Waals surface area (Å²) in [6.45, 7) is 0.584. The molecule has 0 fully saturated rings. The van der Waals surface area contributed by atoms with Crippen molar-refractivity contribution in [3.05, 3.63) is 35.9 Å². The second-order valence-electron chi connectivity index (χ2n) is 3.10. The van der Waals surface area contributed by atoms with Gasteiger partial charge in [-0.3, -0.25) is 0 Å². The zero-order chi connectivity index (χ0) is 13.5. The fourth-order valence-corrected chi connectivity index (χ4v) is 0.848. The molecule has 0 aliphatic rings. The molecule has 2 N–H and O–H groups in total. The number of halogens is 3. The van der Waals surface area contributed by atoms with Gasteiger partial charge in [0.1, 0.15) is 0 Å². The first-order valence-electron chi connectivity index (χ1n) is 4.47. The quantitative estimate of drug-likeness (QED) is 0.790. The Bertz CT molecular complexity index is 338. The summed E-state index contributed by atoms with van der Waals surface area (Å²) in [5, 5.41) is 17.1. The zero-order valence-corrected chi connectivity index (χ0v) is 8.98. The van der Waals surface area contributed by atoms with Gasteiger partial charge in [-0.05, 0) is 5.56 Å². The summed E-state index contributed by atoms with van der Waals surface area (Å²) >= 11 is 0. The third kappa shape index (κ3) is 8.23. The molecule has 0 radical (unpaired) electrons. The maximum Gasteiger partial charge on any atom is 0.490 e. The van der Waals surface area contributed by atoms with Crippen LogP contribution in [0.5, 0.6) is 0 Å². The van der Waals surface area contributed by atoms with E-state index in [0.717, 1.165) is 10.6 Å². The summed E-state index contributed by atoms with van der Waals surface area (Å²) in [7, 11) is 1.63. The summed E-state index contributed by atoms with van der Waals surface area (Å²) < 4.78 is 31.7. The molecule has 0 amide bonds. The monoisotopic (exact) mass is 251 g/mol. The number of hydroxylamine groups is 2. The molecule has 1 aromatic carbocycles. The van der Waals surface area contributed by atoms with Crippen molar-refractivity contribution in [1.82, 2.24) is 5.06 Å². The molecule has 96 valence electrons. The number of hydrogen-bond donors (Lipinski definition) is 2. The van der Waals surface area contributed by atoms with Crippen molar-refractivity contribution in [2.45, 2.75) is 12.7 Å². The summed E-state index contributed by atoms with van der Waals surface area (Å²) in [6, 6.07) is 9.83. The van der Waals surface area contributed by atoms with Crippen LogP contribution in [-0.4, -0.2) is 34.6 Å². The van der Waals surface area contributed by atoms with Crippen molar-refractivity contribution in [3.8, 4) is 0 Å². The van der Waals surface area contributed by atoms with Gasteiger partial charge >= 0.3 is 12.1 Å². The zero-order valence-electron chi connectivity index (χ0n) is 8.98. The second kappa shape index (κ2) is 6.87. The lowest BCUT2D eigenvalue weighted by atomic mass is 10.2. The number of rotatable bonds is 2. The highest BCUT2D eigenvalue weighted by molar-refractivity contribution is 5.73. The Morgan fingerprint density at radius 1 is 1.29 bits per heavy atom. The molecule has 0 saturated carbocycles. The molecule has 0 atom stereocenters. The van der Waals surface area contributed by atoms with Crippen molar-refractivity contribution in [2.75, 3.05) is 7.05 Å². The highest BCUT2D eigenvalue weighted by Crippen LogP contribution is 2.13.